The number of hydrogen-bond donors (Lipinski definition) is 2. The second-order valence-corrected chi connectivity index (χ2v) is 5.97. The van der Waals surface area contributed by atoms with E-state index >= 15 is 0 Å². The fourth-order valence-corrected chi connectivity index (χ4v) is 2.55. The molecule has 1 amide bonds. The number of halogens is 1. The van der Waals surface area contributed by atoms with Crippen LogP contribution in [0.1, 0.15) is 26.7 Å². The first kappa shape index (κ1) is 20.1. The molecule has 0 aliphatic carbocycles. The molecule has 6 heteroatoms. The number of nitrogens with one attached hydrogen (secondary N) is 1. The first-order chi connectivity index (χ1) is 9.67. The Balaban J connectivity index is 0.00000400. The van der Waals surface area contributed by atoms with Crippen LogP contribution in [0.5, 0.6) is 5.75 Å². The van der Waals surface area contributed by atoms with Gasteiger partial charge >= 0.3 is 0 Å². The van der Waals surface area contributed by atoms with Crippen LogP contribution >= 0.6 is 24.2 Å². The maximum atomic E-state index is 12.0. The van der Waals surface area contributed by atoms with E-state index in [2.05, 4.69) is 12.2 Å². The number of carbonyl (C=O) groups excluding carboxylic acids is 1. The molecule has 0 fully saturated rings. The van der Waals surface area contributed by atoms with Gasteiger partial charge in [-0.25, -0.2) is 0 Å². The van der Waals surface area contributed by atoms with Crippen molar-refractivity contribution in [2.75, 3.05) is 24.2 Å². The van der Waals surface area contributed by atoms with Gasteiger partial charge in [-0.15, -0.1) is 24.2 Å². The van der Waals surface area contributed by atoms with Gasteiger partial charge < -0.3 is 15.8 Å². The topological polar surface area (TPSA) is 64.3 Å². The highest BCUT2D eigenvalue weighted by molar-refractivity contribution is 8.00. The molecule has 1 aromatic rings. The number of nitrogens with two attached hydrogens (primary N) is 1. The fourth-order valence-electron chi connectivity index (χ4n) is 1.54. The zero-order chi connectivity index (χ0) is 14.8. The van der Waals surface area contributed by atoms with Gasteiger partial charge in [0.05, 0.1) is 5.25 Å². The maximum absolute atomic E-state index is 12.0. The number of carbonyl (C=O) groups is 1. The number of hydrogen-bond acceptors (Lipinski definition) is 4. The molecule has 0 saturated carbocycles. The summed E-state index contributed by atoms with van der Waals surface area (Å²) < 4.78 is 5.39. The Morgan fingerprint density at radius 3 is 2.62 bits per heavy atom. The maximum Gasteiger partial charge on any atom is 0.237 e. The standard InChI is InChI=1S/C15H24N2O2S.ClH/c1-3-4-11-20-12(2)15(18)17-13-5-7-14(8-6-13)19-10-9-16;/h5-8,12H,3-4,9-11,16H2,1-2H3,(H,17,18);1H. The average molecular weight is 333 g/mol. The van der Waals surface area contributed by atoms with Gasteiger partial charge in [-0.1, -0.05) is 13.3 Å². The molecular weight excluding hydrogens is 308 g/mol. The van der Waals surface area contributed by atoms with E-state index in [4.69, 9.17) is 10.5 Å². The molecule has 0 aliphatic rings. The van der Waals surface area contributed by atoms with Crippen LogP contribution in [0.15, 0.2) is 24.3 Å². The molecule has 0 aliphatic heterocycles. The summed E-state index contributed by atoms with van der Waals surface area (Å²) in [6.45, 7) is 5.08. The number of rotatable bonds is 9. The number of ether oxygens (including phenoxy) is 1. The van der Waals surface area contributed by atoms with E-state index in [0.717, 1.165) is 30.0 Å². The normalized spacial score (nSPS) is 11.4. The average Bonchev–Trinajstić information content (AvgIpc) is 2.46. The summed E-state index contributed by atoms with van der Waals surface area (Å²) in [7, 11) is 0. The predicted molar refractivity (Wildman–Crippen MR) is 93.7 cm³/mol. The van der Waals surface area contributed by atoms with Gasteiger partial charge in [0, 0.05) is 12.2 Å². The molecule has 120 valence electrons. The van der Waals surface area contributed by atoms with Crippen LogP contribution in [-0.2, 0) is 4.79 Å². The number of unbranched alkanes of at least 4 members (excludes halogenated alkanes) is 1. The molecule has 3 N–H and O–H groups in total. The molecule has 4 nitrogen and oxygen atoms in total. The van der Waals surface area contributed by atoms with Crippen molar-refractivity contribution >= 4 is 35.8 Å². The Kier molecular flexibility index (Phi) is 11.2. The predicted octanol–water partition coefficient (Wildman–Crippen LogP) is 3.31. The van der Waals surface area contributed by atoms with E-state index in [1.165, 1.54) is 0 Å². The third-order valence-corrected chi connectivity index (χ3v) is 3.98. The second-order valence-electron chi connectivity index (χ2n) is 4.52. The van der Waals surface area contributed by atoms with Gasteiger partial charge in [0.2, 0.25) is 5.91 Å². The van der Waals surface area contributed by atoms with Gasteiger partial charge in [-0.05, 0) is 43.4 Å². The number of thioether (sulfide) groups is 1. The molecule has 0 spiro atoms. The van der Waals surface area contributed by atoms with Crippen LogP contribution < -0.4 is 15.8 Å². The van der Waals surface area contributed by atoms with Crippen LogP contribution in [0.2, 0.25) is 0 Å². The number of benzene rings is 1. The van der Waals surface area contributed by atoms with Crippen molar-refractivity contribution in [3.63, 3.8) is 0 Å². The van der Waals surface area contributed by atoms with Crippen molar-refractivity contribution in [3.05, 3.63) is 24.3 Å². The lowest BCUT2D eigenvalue weighted by atomic mass is 10.3. The Labute approximate surface area is 137 Å². The minimum atomic E-state index is -0.0327. The van der Waals surface area contributed by atoms with Crippen molar-refractivity contribution in [1.82, 2.24) is 0 Å². The van der Waals surface area contributed by atoms with Crippen molar-refractivity contribution in [1.29, 1.82) is 0 Å². The SMILES string of the molecule is CCCCSC(C)C(=O)Nc1ccc(OCCN)cc1.Cl. The zero-order valence-electron chi connectivity index (χ0n) is 12.6. The van der Waals surface area contributed by atoms with Gasteiger partial charge in [0.25, 0.3) is 0 Å². The summed E-state index contributed by atoms with van der Waals surface area (Å²) in [6, 6.07) is 7.35. The molecule has 0 radical (unpaired) electrons. The molecule has 1 unspecified atom stereocenters. The molecule has 0 aromatic heterocycles. The molecule has 1 atom stereocenters. The molecule has 1 aromatic carbocycles. The van der Waals surface area contributed by atoms with Crippen molar-refractivity contribution in [3.8, 4) is 5.75 Å². The number of anilines is 1. The van der Waals surface area contributed by atoms with Crippen molar-refractivity contribution in [2.24, 2.45) is 5.73 Å². The van der Waals surface area contributed by atoms with E-state index in [0.29, 0.717) is 13.2 Å². The van der Waals surface area contributed by atoms with E-state index in [1.54, 1.807) is 11.8 Å². The van der Waals surface area contributed by atoms with Crippen LogP contribution in [-0.4, -0.2) is 30.1 Å². The zero-order valence-corrected chi connectivity index (χ0v) is 14.3. The van der Waals surface area contributed by atoms with Crippen molar-refractivity contribution < 1.29 is 9.53 Å². The highest BCUT2D eigenvalue weighted by atomic mass is 35.5. The molecule has 21 heavy (non-hydrogen) atoms. The third kappa shape index (κ3) is 8.19. The summed E-state index contributed by atoms with van der Waals surface area (Å²) in [5, 5.41) is 2.88. The largest absolute Gasteiger partial charge is 0.492 e. The van der Waals surface area contributed by atoms with Gasteiger partial charge in [-0.3, -0.25) is 4.79 Å². The minimum Gasteiger partial charge on any atom is -0.492 e. The van der Waals surface area contributed by atoms with Crippen LogP contribution in [0.4, 0.5) is 5.69 Å². The van der Waals surface area contributed by atoms with Gasteiger partial charge in [0.15, 0.2) is 0 Å². The Bertz CT molecular complexity index is 401. The monoisotopic (exact) mass is 332 g/mol. The fraction of sp³-hybridized carbons (Fsp3) is 0.533. The third-order valence-electron chi connectivity index (χ3n) is 2.74. The minimum absolute atomic E-state index is 0. The van der Waals surface area contributed by atoms with Gasteiger partial charge in [0.1, 0.15) is 12.4 Å². The number of amides is 1. The molecule has 0 bridgehead atoms. The van der Waals surface area contributed by atoms with Crippen LogP contribution in [0, 0.1) is 0 Å². The quantitative estimate of drug-likeness (QED) is 0.681. The summed E-state index contributed by atoms with van der Waals surface area (Å²) in [5.41, 5.74) is 6.16. The van der Waals surface area contributed by atoms with Crippen LogP contribution in [0.25, 0.3) is 0 Å². The summed E-state index contributed by atoms with van der Waals surface area (Å²) in [4.78, 5) is 12.0. The lowest BCUT2D eigenvalue weighted by Crippen LogP contribution is -2.22. The van der Waals surface area contributed by atoms with Crippen molar-refractivity contribution in [2.45, 2.75) is 31.9 Å². The highest BCUT2D eigenvalue weighted by Crippen LogP contribution is 2.18. The van der Waals surface area contributed by atoms with E-state index in [-0.39, 0.29) is 23.6 Å². The second kappa shape index (κ2) is 11.7. The lowest BCUT2D eigenvalue weighted by Gasteiger charge is -2.12. The first-order valence-corrected chi connectivity index (χ1v) is 8.07. The Morgan fingerprint density at radius 2 is 2.05 bits per heavy atom. The summed E-state index contributed by atoms with van der Waals surface area (Å²) in [5.74, 6) is 1.83. The highest BCUT2D eigenvalue weighted by Gasteiger charge is 2.12. The van der Waals surface area contributed by atoms with E-state index in [1.807, 2.05) is 31.2 Å². The van der Waals surface area contributed by atoms with Crippen LogP contribution in [0.3, 0.4) is 0 Å². The Morgan fingerprint density at radius 1 is 1.38 bits per heavy atom. The smallest absolute Gasteiger partial charge is 0.237 e. The molecule has 0 heterocycles. The van der Waals surface area contributed by atoms with E-state index < -0.39 is 0 Å². The summed E-state index contributed by atoms with van der Waals surface area (Å²) >= 11 is 1.69. The molecule has 1 rings (SSSR count). The van der Waals surface area contributed by atoms with Gasteiger partial charge in [-0.2, -0.15) is 0 Å². The lowest BCUT2D eigenvalue weighted by molar-refractivity contribution is -0.115. The summed E-state index contributed by atoms with van der Waals surface area (Å²) in [6.07, 6.45) is 2.31. The van der Waals surface area contributed by atoms with E-state index in [9.17, 15) is 4.79 Å². The Hall–Kier alpha value is -0.910. The molecule has 0 saturated heterocycles. The molecular formula is C15H25ClN2O2S. The first-order valence-electron chi connectivity index (χ1n) is 7.02.